The van der Waals surface area contributed by atoms with Crippen LogP contribution in [0, 0.1) is 6.92 Å². The molecule has 0 saturated carbocycles. The summed E-state index contributed by atoms with van der Waals surface area (Å²) in [5.74, 6) is -0.610. The minimum absolute atomic E-state index is 0.0668. The number of benzene rings is 2. The minimum atomic E-state index is -3.73. The summed E-state index contributed by atoms with van der Waals surface area (Å²) in [5.41, 5.74) is 1.83. The number of nitrogens with one attached hydrogen (secondary N) is 1. The summed E-state index contributed by atoms with van der Waals surface area (Å²) < 4.78 is 25.4. The van der Waals surface area contributed by atoms with Crippen molar-refractivity contribution in [1.29, 1.82) is 0 Å². The third-order valence-corrected chi connectivity index (χ3v) is 4.94. The van der Waals surface area contributed by atoms with Gasteiger partial charge in [-0.25, -0.2) is 8.42 Å². The van der Waals surface area contributed by atoms with E-state index in [0.29, 0.717) is 0 Å². The molecule has 2 aromatic rings. The Balaban J connectivity index is 2.01. The Labute approximate surface area is 147 Å². The number of anilines is 1. The van der Waals surface area contributed by atoms with E-state index in [4.69, 9.17) is 0 Å². The van der Waals surface area contributed by atoms with Crippen LogP contribution in [-0.2, 0) is 14.8 Å². The predicted molar refractivity (Wildman–Crippen MR) is 98.5 cm³/mol. The van der Waals surface area contributed by atoms with Crippen molar-refractivity contribution in [2.45, 2.75) is 6.92 Å². The summed E-state index contributed by atoms with van der Waals surface area (Å²) >= 11 is 0. The van der Waals surface area contributed by atoms with E-state index in [-0.39, 0.29) is 18.0 Å². The zero-order valence-electron chi connectivity index (χ0n) is 14.0. The molecular weight excluding hydrogens is 340 g/mol. The van der Waals surface area contributed by atoms with Crippen molar-refractivity contribution in [1.82, 2.24) is 4.31 Å². The first-order valence-electron chi connectivity index (χ1n) is 7.57. The fourth-order valence-electron chi connectivity index (χ4n) is 2.06. The molecule has 0 saturated heterocycles. The maximum atomic E-state index is 12.2. The summed E-state index contributed by atoms with van der Waals surface area (Å²) in [7, 11) is -2.41. The van der Waals surface area contributed by atoms with Crippen molar-refractivity contribution in [3.63, 3.8) is 0 Å². The number of aromatic hydroxyl groups is 1. The van der Waals surface area contributed by atoms with E-state index in [9.17, 15) is 18.3 Å². The molecule has 132 valence electrons. The second-order valence-electron chi connectivity index (χ2n) is 5.58. The quantitative estimate of drug-likeness (QED) is 0.775. The van der Waals surface area contributed by atoms with E-state index in [0.717, 1.165) is 20.8 Å². The lowest BCUT2D eigenvalue weighted by molar-refractivity contribution is -0.116. The Morgan fingerprint density at radius 3 is 2.52 bits per heavy atom. The van der Waals surface area contributed by atoms with Gasteiger partial charge in [0.1, 0.15) is 5.75 Å². The smallest absolute Gasteiger partial charge is 0.239 e. The largest absolute Gasteiger partial charge is 0.506 e. The number of aryl methyl sites for hydroxylation is 1. The van der Waals surface area contributed by atoms with Gasteiger partial charge in [0.15, 0.2) is 0 Å². The first-order valence-corrected chi connectivity index (χ1v) is 9.07. The Hall–Kier alpha value is -2.64. The van der Waals surface area contributed by atoms with Crippen molar-refractivity contribution >= 4 is 27.7 Å². The van der Waals surface area contributed by atoms with Crippen LogP contribution in [0.3, 0.4) is 0 Å². The molecule has 0 aliphatic rings. The van der Waals surface area contributed by atoms with Crippen LogP contribution < -0.4 is 5.32 Å². The molecule has 2 aromatic carbocycles. The maximum absolute atomic E-state index is 12.2. The average Bonchev–Trinajstić information content (AvgIpc) is 2.56. The van der Waals surface area contributed by atoms with Crippen LogP contribution in [-0.4, -0.2) is 37.3 Å². The van der Waals surface area contributed by atoms with Crippen molar-refractivity contribution in [3.8, 4) is 5.75 Å². The van der Waals surface area contributed by atoms with Gasteiger partial charge in [-0.15, -0.1) is 0 Å². The number of rotatable bonds is 6. The highest BCUT2D eigenvalue weighted by atomic mass is 32.2. The number of likely N-dealkylation sites (N-methyl/N-ethyl adjacent to an activating group) is 1. The number of carbonyl (C=O) groups excluding carboxylic acids is 1. The van der Waals surface area contributed by atoms with E-state index in [1.54, 1.807) is 36.4 Å². The van der Waals surface area contributed by atoms with Gasteiger partial charge < -0.3 is 10.4 Å². The first-order chi connectivity index (χ1) is 11.8. The Morgan fingerprint density at radius 2 is 1.88 bits per heavy atom. The molecule has 2 rings (SSSR count). The summed E-state index contributed by atoms with van der Waals surface area (Å²) in [4.78, 5) is 12.0. The molecule has 0 atom stereocenters. The van der Waals surface area contributed by atoms with E-state index in [1.165, 1.54) is 19.2 Å². The van der Waals surface area contributed by atoms with Gasteiger partial charge in [0.05, 0.1) is 12.2 Å². The van der Waals surface area contributed by atoms with Gasteiger partial charge in [0.2, 0.25) is 15.9 Å². The van der Waals surface area contributed by atoms with Gasteiger partial charge in [0, 0.05) is 12.5 Å². The molecule has 0 unspecified atom stereocenters. The van der Waals surface area contributed by atoms with Crippen LogP contribution in [0.25, 0.3) is 6.08 Å². The normalized spacial score (nSPS) is 11.8. The van der Waals surface area contributed by atoms with E-state index < -0.39 is 15.9 Å². The SMILES string of the molecule is Cc1ccc(NC(=O)CN(C)S(=O)(=O)/C=C/c2ccccc2)c(O)c1. The zero-order chi connectivity index (χ0) is 18.4. The van der Waals surface area contributed by atoms with E-state index in [1.807, 2.05) is 13.0 Å². The van der Waals surface area contributed by atoms with Gasteiger partial charge in [-0.1, -0.05) is 36.4 Å². The standard InChI is InChI=1S/C18H20N2O4S/c1-14-8-9-16(17(21)12-14)19-18(22)13-20(2)25(23,24)11-10-15-6-4-3-5-7-15/h3-12,21H,13H2,1-2H3,(H,19,22)/b11-10+. The Bertz CT molecular complexity index is 877. The molecule has 2 N–H and O–H groups in total. The molecule has 25 heavy (non-hydrogen) atoms. The Kier molecular flexibility index (Phi) is 5.95. The molecule has 0 fully saturated rings. The summed E-state index contributed by atoms with van der Waals surface area (Å²) in [6.45, 7) is 1.44. The third-order valence-electron chi connectivity index (χ3n) is 3.46. The lowest BCUT2D eigenvalue weighted by Gasteiger charge is -2.15. The highest BCUT2D eigenvalue weighted by Crippen LogP contribution is 2.23. The number of carbonyl (C=O) groups is 1. The van der Waals surface area contributed by atoms with Gasteiger partial charge in [-0.3, -0.25) is 4.79 Å². The molecule has 7 heteroatoms. The molecule has 0 bridgehead atoms. The van der Waals surface area contributed by atoms with Crippen molar-refractivity contribution < 1.29 is 18.3 Å². The minimum Gasteiger partial charge on any atom is -0.506 e. The van der Waals surface area contributed by atoms with Gasteiger partial charge >= 0.3 is 0 Å². The number of amides is 1. The van der Waals surface area contributed by atoms with Crippen molar-refractivity contribution in [2.24, 2.45) is 0 Å². The third kappa shape index (κ3) is 5.44. The van der Waals surface area contributed by atoms with Crippen LogP contribution in [0.15, 0.2) is 53.9 Å². The number of sulfonamides is 1. The van der Waals surface area contributed by atoms with Gasteiger partial charge in [0.25, 0.3) is 0 Å². The van der Waals surface area contributed by atoms with Gasteiger partial charge in [-0.2, -0.15) is 4.31 Å². The summed E-state index contributed by atoms with van der Waals surface area (Å²) in [6.07, 6.45) is 1.47. The van der Waals surface area contributed by atoms with Crippen LogP contribution in [0.5, 0.6) is 5.75 Å². The molecule has 0 heterocycles. The van der Waals surface area contributed by atoms with Gasteiger partial charge in [-0.05, 0) is 36.3 Å². The van der Waals surface area contributed by atoms with Crippen LogP contribution in [0.4, 0.5) is 5.69 Å². The molecule has 0 aromatic heterocycles. The molecule has 0 spiro atoms. The fourth-order valence-corrected chi connectivity index (χ4v) is 2.90. The topological polar surface area (TPSA) is 86.7 Å². The second kappa shape index (κ2) is 7.96. The number of hydrogen-bond donors (Lipinski definition) is 2. The highest BCUT2D eigenvalue weighted by molar-refractivity contribution is 7.92. The average molecular weight is 360 g/mol. The second-order valence-corrected chi connectivity index (χ2v) is 7.51. The zero-order valence-corrected chi connectivity index (χ0v) is 14.8. The molecule has 0 aliphatic heterocycles. The highest BCUT2D eigenvalue weighted by Gasteiger charge is 2.18. The summed E-state index contributed by atoms with van der Waals surface area (Å²) in [6, 6.07) is 13.8. The fraction of sp³-hybridized carbons (Fsp3) is 0.167. The van der Waals surface area contributed by atoms with E-state index >= 15 is 0 Å². The first kappa shape index (κ1) is 18.7. The van der Waals surface area contributed by atoms with Crippen molar-refractivity contribution in [2.75, 3.05) is 18.9 Å². The molecule has 0 aliphatic carbocycles. The van der Waals surface area contributed by atoms with Crippen LogP contribution in [0.2, 0.25) is 0 Å². The monoisotopic (exact) mass is 360 g/mol. The van der Waals surface area contributed by atoms with Crippen LogP contribution in [0.1, 0.15) is 11.1 Å². The molecule has 6 nitrogen and oxygen atoms in total. The Morgan fingerprint density at radius 1 is 1.20 bits per heavy atom. The van der Waals surface area contributed by atoms with Crippen LogP contribution >= 0.6 is 0 Å². The summed E-state index contributed by atoms with van der Waals surface area (Å²) in [5, 5.41) is 13.3. The number of hydrogen-bond acceptors (Lipinski definition) is 4. The molecular formula is C18H20N2O4S. The lowest BCUT2D eigenvalue weighted by Crippen LogP contribution is -2.33. The molecule has 0 radical (unpaired) electrons. The number of phenols is 1. The molecule has 1 amide bonds. The number of phenolic OH excluding ortho intramolecular Hbond substituents is 1. The lowest BCUT2D eigenvalue weighted by atomic mass is 10.2. The maximum Gasteiger partial charge on any atom is 0.239 e. The number of nitrogens with zero attached hydrogens (tertiary/aromatic N) is 1. The van der Waals surface area contributed by atoms with Crippen molar-refractivity contribution in [3.05, 3.63) is 65.1 Å². The van der Waals surface area contributed by atoms with E-state index in [2.05, 4.69) is 5.32 Å². The predicted octanol–water partition coefficient (Wildman–Crippen LogP) is 2.57.